The van der Waals surface area contributed by atoms with Crippen molar-refractivity contribution in [2.45, 2.75) is 70.6 Å². The van der Waals surface area contributed by atoms with Crippen LogP contribution < -0.4 is 0 Å². The number of nitrogens with one attached hydrogen (secondary N) is 2. The lowest BCUT2D eigenvalue weighted by atomic mass is 10.0. The zero-order chi connectivity index (χ0) is 14.3. The molecule has 0 aliphatic rings. The van der Waals surface area contributed by atoms with Gasteiger partial charge < -0.3 is 10.8 Å². The first-order valence-electron chi connectivity index (χ1n) is 7.55. The molecular formula is C17H30N2. The van der Waals surface area contributed by atoms with Gasteiger partial charge in [0, 0.05) is 11.4 Å². The minimum Gasteiger partial charge on any atom is -0.310 e. The Labute approximate surface area is 119 Å². The van der Waals surface area contributed by atoms with Gasteiger partial charge in [-0.2, -0.15) is 0 Å². The molecule has 0 heterocycles. The first-order chi connectivity index (χ1) is 9.20. The van der Waals surface area contributed by atoms with Gasteiger partial charge in [0.1, 0.15) is 0 Å². The van der Waals surface area contributed by atoms with Crippen LogP contribution in [-0.4, -0.2) is 11.4 Å². The molecule has 0 aliphatic heterocycles. The predicted molar refractivity (Wildman–Crippen MR) is 86.6 cm³/mol. The molecule has 19 heavy (non-hydrogen) atoms. The van der Waals surface area contributed by atoms with Gasteiger partial charge in [0.05, 0.1) is 0 Å². The lowest BCUT2D eigenvalue weighted by molar-refractivity contribution is 0.627. The first-order valence-corrected chi connectivity index (χ1v) is 7.55. The van der Waals surface area contributed by atoms with E-state index in [1.54, 1.807) is 0 Å². The zero-order valence-corrected chi connectivity index (χ0v) is 12.3. The van der Waals surface area contributed by atoms with Crippen LogP contribution in [0.15, 0.2) is 25.3 Å². The van der Waals surface area contributed by atoms with Crippen LogP contribution >= 0.6 is 0 Å². The third kappa shape index (κ3) is 13.1. The Morgan fingerprint density at radius 1 is 0.632 bits per heavy atom. The SMILES string of the molecule is C=CCCC(=N)CCCCCCCC(=N)CCC=C. The molecule has 0 fully saturated rings. The van der Waals surface area contributed by atoms with Crippen molar-refractivity contribution in [3.05, 3.63) is 25.3 Å². The fraction of sp³-hybridized carbons (Fsp3) is 0.647. The van der Waals surface area contributed by atoms with Crippen molar-refractivity contribution < 1.29 is 0 Å². The summed E-state index contributed by atoms with van der Waals surface area (Å²) in [6.07, 6.45) is 15.3. The second-order valence-electron chi connectivity index (χ2n) is 5.13. The normalized spacial score (nSPS) is 10.1. The Morgan fingerprint density at radius 3 is 1.37 bits per heavy atom. The molecule has 0 aliphatic carbocycles. The second-order valence-corrected chi connectivity index (χ2v) is 5.13. The summed E-state index contributed by atoms with van der Waals surface area (Å²) in [5.41, 5.74) is 1.73. The summed E-state index contributed by atoms with van der Waals surface area (Å²) in [5.74, 6) is 0. The van der Waals surface area contributed by atoms with Gasteiger partial charge in [-0.3, -0.25) is 0 Å². The van der Waals surface area contributed by atoms with E-state index in [-0.39, 0.29) is 0 Å². The molecule has 2 nitrogen and oxygen atoms in total. The molecule has 0 aromatic rings. The van der Waals surface area contributed by atoms with E-state index in [0.717, 1.165) is 62.8 Å². The maximum atomic E-state index is 7.75. The Bertz CT molecular complexity index is 251. The van der Waals surface area contributed by atoms with Crippen molar-refractivity contribution in [2.75, 3.05) is 0 Å². The van der Waals surface area contributed by atoms with E-state index in [9.17, 15) is 0 Å². The summed E-state index contributed by atoms with van der Waals surface area (Å²) >= 11 is 0. The number of unbranched alkanes of at least 4 members (excludes halogenated alkanes) is 4. The molecule has 0 amide bonds. The fourth-order valence-corrected chi connectivity index (χ4v) is 2.01. The molecule has 0 rings (SSSR count). The van der Waals surface area contributed by atoms with Crippen LogP contribution in [0.4, 0.5) is 0 Å². The van der Waals surface area contributed by atoms with Crippen molar-refractivity contribution in [3.8, 4) is 0 Å². The summed E-state index contributed by atoms with van der Waals surface area (Å²) < 4.78 is 0. The van der Waals surface area contributed by atoms with Crippen LogP contribution in [0, 0.1) is 10.8 Å². The molecule has 0 unspecified atom stereocenters. The molecule has 0 aromatic carbocycles. The molecule has 0 atom stereocenters. The third-order valence-corrected chi connectivity index (χ3v) is 3.26. The second kappa shape index (κ2) is 13.3. The smallest absolute Gasteiger partial charge is 0.00922 e. The molecule has 2 heteroatoms. The molecule has 0 saturated carbocycles. The van der Waals surface area contributed by atoms with E-state index < -0.39 is 0 Å². The van der Waals surface area contributed by atoms with E-state index in [0.29, 0.717) is 0 Å². The Hall–Kier alpha value is -1.18. The Kier molecular flexibility index (Phi) is 12.4. The average Bonchev–Trinajstić information content (AvgIpc) is 2.41. The Balaban J connectivity index is 3.26. The average molecular weight is 262 g/mol. The minimum atomic E-state index is 0.867. The third-order valence-electron chi connectivity index (χ3n) is 3.26. The van der Waals surface area contributed by atoms with Crippen molar-refractivity contribution in [2.24, 2.45) is 0 Å². The molecule has 0 bridgehead atoms. The van der Waals surface area contributed by atoms with Gasteiger partial charge in [0.2, 0.25) is 0 Å². The summed E-state index contributed by atoms with van der Waals surface area (Å²) in [7, 11) is 0. The van der Waals surface area contributed by atoms with Crippen molar-refractivity contribution in [1.29, 1.82) is 10.8 Å². The molecule has 2 N–H and O–H groups in total. The van der Waals surface area contributed by atoms with Gasteiger partial charge in [0.15, 0.2) is 0 Å². The van der Waals surface area contributed by atoms with Crippen LogP contribution in [0.5, 0.6) is 0 Å². The minimum absolute atomic E-state index is 0.867. The number of allylic oxidation sites excluding steroid dienone is 2. The van der Waals surface area contributed by atoms with Crippen LogP contribution in [0.1, 0.15) is 70.6 Å². The molecule has 0 spiro atoms. The maximum Gasteiger partial charge on any atom is 0.00922 e. The van der Waals surface area contributed by atoms with E-state index in [1.165, 1.54) is 19.3 Å². The molecular weight excluding hydrogens is 232 g/mol. The van der Waals surface area contributed by atoms with E-state index in [2.05, 4.69) is 13.2 Å². The first kappa shape index (κ1) is 17.8. The van der Waals surface area contributed by atoms with Crippen molar-refractivity contribution in [3.63, 3.8) is 0 Å². The molecule has 0 saturated heterocycles. The molecule has 0 radical (unpaired) electrons. The summed E-state index contributed by atoms with van der Waals surface area (Å²) in [4.78, 5) is 0. The number of hydrogen-bond acceptors (Lipinski definition) is 2. The maximum absolute atomic E-state index is 7.75. The highest BCUT2D eigenvalue weighted by molar-refractivity contribution is 5.81. The lowest BCUT2D eigenvalue weighted by Gasteiger charge is -2.04. The monoisotopic (exact) mass is 262 g/mol. The highest BCUT2D eigenvalue weighted by Gasteiger charge is 1.98. The van der Waals surface area contributed by atoms with Crippen LogP contribution in [0.2, 0.25) is 0 Å². The highest BCUT2D eigenvalue weighted by atomic mass is 14.4. The summed E-state index contributed by atoms with van der Waals surface area (Å²) in [6, 6.07) is 0. The van der Waals surface area contributed by atoms with Gasteiger partial charge >= 0.3 is 0 Å². The van der Waals surface area contributed by atoms with E-state index in [4.69, 9.17) is 10.8 Å². The van der Waals surface area contributed by atoms with Gasteiger partial charge in [-0.05, 0) is 51.4 Å². The van der Waals surface area contributed by atoms with Gasteiger partial charge in [-0.25, -0.2) is 0 Å². The topological polar surface area (TPSA) is 47.7 Å². The summed E-state index contributed by atoms with van der Waals surface area (Å²) in [5, 5.41) is 15.5. The Morgan fingerprint density at radius 2 is 1.00 bits per heavy atom. The standard InChI is InChI=1S/C17H30N2/c1-3-5-12-16(18)14-10-8-7-9-11-15-17(19)13-6-4-2/h3-4,18-19H,1-2,5-15H2. The number of hydrogen-bond donors (Lipinski definition) is 2. The van der Waals surface area contributed by atoms with E-state index in [1.807, 2.05) is 12.2 Å². The quantitative estimate of drug-likeness (QED) is 0.229. The van der Waals surface area contributed by atoms with E-state index >= 15 is 0 Å². The molecule has 108 valence electrons. The fourth-order valence-electron chi connectivity index (χ4n) is 2.01. The lowest BCUT2D eigenvalue weighted by Crippen LogP contribution is -1.96. The van der Waals surface area contributed by atoms with Crippen LogP contribution in [0.3, 0.4) is 0 Å². The summed E-state index contributed by atoms with van der Waals surface area (Å²) in [6.45, 7) is 7.35. The van der Waals surface area contributed by atoms with Crippen LogP contribution in [0.25, 0.3) is 0 Å². The van der Waals surface area contributed by atoms with Crippen molar-refractivity contribution in [1.82, 2.24) is 0 Å². The predicted octanol–water partition coefficient (Wildman–Crippen LogP) is 5.69. The highest BCUT2D eigenvalue weighted by Crippen LogP contribution is 2.10. The van der Waals surface area contributed by atoms with Gasteiger partial charge in [-0.1, -0.05) is 31.4 Å². The van der Waals surface area contributed by atoms with Crippen molar-refractivity contribution >= 4 is 11.4 Å². The number of rotatable bonds is 14. The van der Waals surface area contributed by atoms with Gasteiger partial charge in [-0.15, -0.1) is 13.2 Å². The zero-order valence-electron chi connectivity index (χ0n) is 12.3. The van der Waals surface area contributed by atoms with Gasteiger partial charge in [0.25, 0.3) is 0 Å². The van der Waals surface area contributed by atoms with Crippen LogP contribution in [-0.2, 0) is 0 Å². The largest absolute Gasteiger partial charge is 0.310 e. The molecule has 0 aromatic heterocycles.